The second-order valence-electron chi connectivity index (χ2n) is 8.27. The predicted molar refractivity (Wildman–Crippen MR) is 139 cm³/mol. The van der Waals surface area contributed by atoms with Gasteiger partial charge in [0.25, 0.3) is 0 Å². The number of benzene rings is 4. The van der Waals surface area contributed by atoms with Crippen molar-refractivity contribution in [3.05, 3.63) is 113 Å². The Labute approximate surface area is 205 Å². The van der Waals surface area contributed by atoms with Crippen LogP contribution >= 0.6 is 11.6 Å². The minimum absolute atomic E-state index is 0.178. The van der Waals surface area contributed by atoms with Crippen LogP contribution in [0.4, 0.5) is 5.69 Å². The van der Waals surface area contributed by atoms with Crippen molar-refractivity contribution >= 4 is 40.4 Å². The van der Waals surface area contributed by atoms with Crippen molar-refractivity contribution in [2.45, 2.75) is 25.3 Å². The molecular weight excluding hydrogens is 444 g/mol. The first kappa shape index (κ1) is 23.5. The molecule has 4 rings (SSSR count). The normalized spacial score (nSPS) is 11.7. The summed E-state index contributed by atoms with van der Waals surface area (Å²) >= 11 is 6.04. The van der Waals surface area contributed by atoms with E-state index in [2.05, 4.69) is 17.4 Å². The van der Waals surface area contributed by atoms with Crippen molar-refractivity contribution in [3.63, 3.8) is 0 Å². The third-order valence-corrected chi connectivity index (χ3v) is 6.16. The second-order valence-corrected chi connectivity index (χ2v) is 8.71. The van der Waals surface area contributed by atoms with Crippen molar-refractivity contribution in [2.75, 3.05) is 11.4 Å². The summed E-state index contributed by atoms with van der Waals surface area (Å²) in [6, 6.07) is 30.6. The number of hydrogen-bond donors (Lipinski definition) is 1. The number of amides is 2. The number of aryl methyl sites for hydroxylation is 1. The molecule has 0 bridgehead atoms. The topological polar surface area (TPSA) is 49.4 Å². The van der Waals surface area contributed by atoms with Crippen molar-refractivity contribution in [1.82, 2.24) is 5.32 Å². The SMILES string of the molecule is O=CN(c1ccc2ccccc2c1)[C@@H](Cc1ccc(Cl)cc1)C(=O)NCCCc1ccccc1. The van der Waals surface area contributed by atoms with Crippen LogP contribution in [0.15, 0.2) is 97.1 Å². The van der Waals surface area contributed by atoms with Crippen LogP contribution in [0.1, 0.15) is 17.5 Å². The van der Waals surface area contributed by atoms with Gasteiger partial charge in [-0.1, -0.05) is 84.4 Å². The van der Waals surface area contributed by atoms with Gasteiger partial charge in [0.2, 0.25) is 12.3 Å². The van der Waals surface area contributed by atoms with Gasteiger partial charge in [0.15, 0.2) is 0 Å². The van der Waals surface area contributed by atoms with Gasteiger partial charge in [-0.3, -0.25) is 9.59 Å². The van der Waals surface area contributed by atoms with Crippen LogP contribution in [0, 0.1) is 0 Å². The lowest BCUT2D eigenvalue weighted by molar-refractivity contribution is -0.123. The molecule has 0 spiro atoms. The molecule has 0 aliphatic heterocycles. The van der Waals surface area contributed by atoms with Gasteiger partial charge >= 0.3 is 0 Å². The number of carbonyl (C=O) groups is 2. The first-order valence-corrected chi connectivity index (χ1v) is 11.8. The van der Waals surface area contributed by atoms with Crippen molar-refractivity contribution in [1.29, 1.82) is 0 Å². The zero-order chi connectivity index (χ0) is 23.8. The molecule has 0 radical (unpaired) electrons. The lowest BCUT2D eigenvalue weighted by Crippen LogP contribution is -2.48. The highest BCUT2D eigenvalue weighted by Crippen LogP contribution is 2.24. The van der Waals surface area contributed by atoms with E-state index in [-0.39, 0.29) is 5.91 Å². The summed E-state index contributed by atoms with van der Waals surface area (Å²) < 4.78 is 0. The minimum Gasteiger partial charge on any atom is -0.354 e. The predicted octanol–water partition coefficient (Wildman–Crippen LogP) is 5.82. The summed E-state index contributed by atoms with van der Waals surface area (Å²) in [6.07, 6.45) is 2.83. The third kappa shape index (κ3) is 6.03. The standard InChI is InChI=1S/C29H27ClN2O2/c30-26-15-12-23(13-16-26)19-28(29(34)31-18-6-9-22-7-2-1-3-8-22)32(21-33)27-17-14-24-10-4-5-11-25(24)20-27/h1-5,7-8,10-17,20-21,28H,6,9,18-19H2,(H,31,34)/t28-/m0/s1. The molecule has 172 valence electrons. The van der Waals surface area contributed by atoms with Gasteiger partial charge in [-0.05, 0) is 59.0 Å². The molecule has 5 heteroatoms. The van der Waals surface area contributed by atoms with E-state index < -0.39 is 6.04 Å². The number of carbonyl (C=O) groups excluding carboxylic acids is 2. The van der Waals surface area contributed by atoms with Crippen LogP contribution in [0.25, 0.3) is 10.8 Å². The lowest BCUT2D eigenvalue weighted by Gasteiger charge is -2.28. The van der Waals surface area contributed by atoms with E-state index in [4.69, 9.17) is 11.6 Å². The molecule has 4 nitrogen and oxygen atoms in total. The minimum atomic E-state index is -0.684. The lowest BCUT2D eigenvalue weighted by atomic mass is 10.0. The Bertz CT molecular complexity index is 1240. The van der Waals surface area contributed by atoms with E-state index in [1.165, 1.54) is 10.5 Å². The maximum atomic E-state index is 13.3. The molecule has 0 unspecified atom stereocenters. The highest BCUT2D eigenvalue weighted by molar-refractivity contribution is 6.30. The van der Waals surface area contributed by atoms with E-state index in [0.29, 0.717) is 23.7 Å². The Morgan fingerprint density at radius 1 is 0.853 bits per heavy atom. The van der Waals surface area contributed by atoms with Crippen LogP contribution in [0.3, 0.4) is 0 Å². The number of nitrogens with zero attached hydrogens (tertiary/aromatic N) is 1. The maximum Gasteiger partial charge on any atom is 0.243 e. The summed E-state index contributed by atoms with van der Waals surface area (Å²) in [7, 11) is 0. The van der Waals surface area contributed by atoms with Crippen LogP contribution in [0.5, 0.6) is 0 Å². The molecule has 4 aromatic carbocycles. The Kier molecular flexibility index (Phi) is 7.95. The van der Waals surface area contributed by atoms with Gasteiger partial charge in [0.1, 0.15) is 6.04 Å². The van der Waals surface area contributed by atoms with Crippen LogP contribution in [-0.2, 0) is 22.4 Å². The fourth-order valence-electron chi connectivity index (χ4n) is 4.08. The summed E-state index contributed by atoms with van der Waals surface area (Å²) in [4.78, 5) is 27.1. The first-order chi connectivity index (χ1) is 16.6. The molecule has 34 heavy (non-hydrogen) atoms. The molecule has 0 fully saturated rings. The fraction of sp³-hybridized carbons (Fsp3) is 0.172. The molecule has 1 atom stereocenters. The quantitative estimate of drug-likeness (QED) is 0.234. The second kappa shape index (κ2) is 11.5. The molecule has 2 amide bonds. The van der Waals surface area contributed by atoms with Gasteiger partial charge < -0.3 is 10.2 Å². The Balaban J connectivity index is 1.53. The number of fused-ring (bicyclic) bond motifs is 1. The largest absolute Gasteiger partial charge is 0.354 e. The van der Waals surface area contributed by atoms with E-state index >= 15 is 0 Å². The van der Waals surface area contributed by atoms with Crippen LogP contribution in [-0.4, -0.2) is 24.9 Å². The number of anilines is 1. The molecule has 0 saturated heterocycles. The van der Waals surface area contributed by atoms with Crippen molar-refractivity contribution in [3.8, 4) is 0 Å². The average Bonchev–Trinajstić information content (AvgIpc) is 2.88. The van der Waals surface area contributed by atoms with E-state index in [0.717, 1.165) is 35.6 Å². The first-order valence-electron chi connectivity index (χ1n) is 11.4. The molecule has 4 aromatic rings. The number of rotatable bonds is 10. The highest BCUT2D eigenvalue weighted by Gasteiger charge is 2.26. The molecule has 0 aliphatic rings. The Morgan fingerprint density at radius 3 is 2.29 bits per heavy atom. The summed E-state index contributed by atoms with van der Waals surface area (Å²) in [5.74, 6) is -0.178. The zero-order valence-electron chi connectivity index (χ0n) is 18.9. The monoisotopic (exact) mass is 470 g/mol. The van der Waals surface area contributed by atoms with Gasteiger partial charge in [0, 0.05) is 23.7 Å². The molecule has 0 saturated carbocycles. The van der Waals surface area contributed by atoms with Crippen LogP contribution < -0.4 is 10.2 Å². The highest BCUT2D eigenvalue weighted by atomic mass is 35.5. The average molecular weight is 471 g/mol. The van der Waals surface area contributed by atoms with Crippen LogP contribution in [0.2, 0.25) is 5.02 Å². The molecular formula is C29H27ClN2O2. The third-order valence-electron chi connectivity index (χ3n) is 5.91. The van der Waals surface area contributed by atoms with E-state index in [1.54, 1.807) is 12.1 Å². The van der Waals surface area contributed by atoms with Gasteiger partial charge in [0.05, 0.1) is 0 Å². The number of halogens is 1. The fourth-order valence-corrected chi connectivity index (χ4v) is 4.21. The smallest absolute Gasteiger partial charge is 0.243 e. The van der Waals surface area contributed by atoms with Gasteiger partial charge in [-0.25, -0.2) is 0 Å². The maximum absolute atomic E-state index is 13.3. The summed E-state index contributed by atoms with van der Waals surface area (Å²) in [6.45, 7) is 0.537. The van der Waals surface area contributed by atoms with E-state index in [9.17, 15) is 9.59 Å². The van der Waals surface area contributed by atoms with Crippen molar-refractivity contribution in [2.24, 2.45) is 0 Å². The summed E-state index contributed by atoms with van der Waals surface area (Å²) in [5.41, 5.74) is 2.86. The Hall–Kier alpha value is -3.63. The molecule has 0 heterocycles. The Morgan fingerprint density at radius 2 is 1.56 bits per heavy atom. The number of hydrogen-bond acceptors (Lipinski definition) is 2. The molecule has 0 aliphatic carbocycles. The van der Waals surface area contributed by atoms with Gasteiger partial charge in [-0.15, -0.1) is 0 Å². The van der Waals surface area contributed by atoms with E-state index in [1.807, 2.05) is 72.8 Å². The van der Waals surface area contributed by atoms with Crippen molar-refractivity contribution < 1.29 is 9.59 Å². The molecule has 1 N–H and O–H groups in total. The number of nitrogens with one attached hydrogen (secondary N) is 1. The molecule has 0 aromatic heterocycles. The summed E-state index contributed by atoms with van der Waals surface area (Å²) in [5, 5.41) is 5.77. The van der Waals surface area contributed by atoms with Gasteiger partial charge in [-0.2, -0.15) is 0 Å². The zero-order valence-corrected chi connectivity index (χ0v) is 19.6.